The lowest BCUT2D eigenvalue weighted by molar-refractivity contribution is -0.676. The van der Waals surface area contributed by atoms with Crippen molar-refractivity contribution in [3.8, 4) is 11.5 Å². The maximum atomic E-state index is 12.3. The molecule has 3 rings (SSSR count). The number of amides is 2. The van der Waals surface area contributed by atoms with Crippen molar-refractivity contribution in [3.05, 3.63) is 66.7 Å². The van der Waals surface area contributed by atoms with Gasteiger partial charge < -0.3 is 19.9 Å². The molecule has 2 aromatic carbocycles. The van der Waals surface area contributed by atoms with Crippen molar-refractivity contribution in [1.82, 2.24) is 3.97 Å². The molecule has 0 aliphatic carbocycles. The van der Waals surface area contributed by atoms with Crippen molar-refractivity contribution in [2.45, 2.75) is 20.8 Å². The third-order valence-electron chi connectivity index (χ3n) is 4.05. The Kier molecular flexibility index (Phi) is 11.1. The molecular formula is C21H25F2N4O8S2+. The average Bonchev–Trinajstić information content (AvgIpc) is 3.09. The van der Waals surface area contributed by atoms with Gasteiger partial charge in [0, 0.05) is 32.1 Å². The van der Waals surface area contributed by atoms with Gasteiger partial charge in [0.2, 0.25) is 11.8 Å². The molecular weight excluding hydrogens is 538 g/mol. The summed E-state index contributed by atoms with van der Waals surface area (Å²) in [5.41, 5.74) is 1.15. The minimum absolute atomic E-state index is 0.115. The number of rotatable bonds is 5. The standard InChI is InChI=1S/C8H8FNO4S.C8H9NO2.C5H8FN2O2S/c1-6(11)10-7-2-4-8(5-3-7)14-15(9,12)13;1-6(10)9-7-2-4-8(11)5-3-7;1-5-7(2)3-4-8(5)11(6,9)10/h2-5H,1H3,(H,10,11);2-5,11H,1H3,(H,9,10);3-4H,1-2H3/q;;+1. The Morgan fingerprint density at radius 2 is 1.32 bits per heavy atom. The minimum Gasteiger partial charge on any atom is -0.508 e. The molecule has 0 fully saturated rings. The number of carbonyl (C=O) groups excluding carboxylic acids is 2. The van der Waals surface area contributed by atoms with E-state index in [1.807, 2.05) is 0 Å². The number of phenols is 1. The molecule has 202 valence electrons. The highest BCUT2D eigenvalue weighted by atomic mass is 32.3. The van der Waals surface area contributed by atoms with Gasteiger partial charge in [0.05, 0.1) is 7.05 Å². The third-order valence-corrected chi connectivity index (χ3v) is 5.30. The predicted octanol–water partition coefficient (Wildman–Crippen LogP) is 2.27. The van der Waals surface area contributed by atoms with E-state index < -0.39 is 20.9 Å². The molecule has 37 heavy (non-hydrogen) atoms. The van der Waals surface area contributed by atoms with E-state index in [9.17, 15) is 34.2 Å². The van der Waals surface area contributed by atoms with Gasteiger partial charge in [-0.15, -0.1) is 0 Å². The van der Waals surface area contributed by atoms with E-state index >= 15 is 0 Å². The first-order chi connectivity index (χ1) is 17.0. The summed E-state index contributed by atoms with van der Waals surface area (Å²) in [6.07, 6.45) is 2.62. The fourth-order valence-corrected chi connectivity index (χ4v) is 3.41. The normalized spacial score (nSPS) is 10.6. The first kappa shape index (κ1) is 31.0. The van der Waals surface area contributed by atoms with E-state index in [-0.39, 0.29) is 23.3 Å². The quantitative estimate of drug-likeness (QED) is 0.242. The zero-order chi connectivity index (χ0) is 28.4. The second-order valence-corrected chi connectivity index (χ2v) is 9.27. The second-order valence-electron chi connectivity index (χ2n) is 7.10. The highest BCUT2D eigenvalue weighted by molar-refractivity contribution is 7.84. The number of hydrogen-bond acceptors (Lipinski definition) is 8. The van der Waals surface area contributed by atoms with Gasteiger partial charge >= 0.3 is 20.9 Å². The van der Waals surface area contributed by atoms with Crippen LogP contribution in [0, 0.1) is 6.92 Å². The molecule has 2 amide bonds. The van der Waals surface area contributed by atoms with Crippen LogP contribution in [0.25, 0.3) is 0 Å². The van der Waals surface area contributed by atoms with Crippen molar-refractivity contribution in [2.24, 2.45) is 7.05 Å². The number of imidazole rings is 1. The highest BCUT2D eigenvalue weighted by Crippen LogP contribution is 2.17. The molecule has 0 aliphatic heterocycles. The Morgan fingerprint density at radius 3 is 1.62 bits per heavy atom. The van der Waals surface area contributed by atoms with Gasteiger partial charge in [-0.25, -0.2) is 4.57 Å². The Hall–Kier alpha value is -4.05. The van der Waals surface area contributed by atoms with Crippen LogP contribution in [0.15, 0.2) is 60.9 Å². The average molecular weight is 564 g/mol. The zero-order valence-corrected chi connectivity index (χ0v) is 21.7. The molecule has 1 heterocycles. The molecule has 0 saturated carbocycles. The van der Waals surface area contributed by atoms with Crippen LogP contribution in [-0.4, -0.2) is 37.7 Å². The van der Waals surface area contributed by atoms with Crippen LogP contribution in [0.3, 0.4) is 0 Å². The Balaban J connectivity index is 0.000000283. The van der Waals surface area contributed by atoms with Gasteiger partial charge in [-0.05, 0) is 48.5 Å². The molecule has 0 unspecified atom stereocenters. The Morgan fingerprint density at radius 1 is 0.892 bits per heavy atom. The number of anilines is 2. The summed E-state index contributed by atoms with van der Waals surface area (Å²) < 4.78 is 71.3. The number of aryl methyl sites for hydroxylation is 1. The van der Waals surface area contributed by atoms with Crippen molar-refractivity contribution in [2.75, 3.05) is 10.6 Å². The summed E-state index contributed by atoms with van der Waals surface area (Å²) >= 11 is 0. The van der Waals surface area contributed by atoms with E-state index in [1.165, 1.54) is 67.9 Å². The number of phenolic OH excluding ortho intramolecular Hbond substituents is 1. The third kappa shape index (κ3) is 12.5. The summed E-state index contributed by atoms with van der Waals surface area (Å²) in [5, 5.41) is 13.9. The van der Waals surface area contributed by atoms with Crippen LogP contribution in [0.5, 0.6) is 11.5 Å². The number of aromatic nitrogens is 2. The first-order valence-corrected chi connectivity index (χ1v) is 12.7. The molecule has 12 nitrogen and oxygen atoms in total. The van der Waals surface area contributed by atoms with E-state index in [1.54, 1.807) is 19.2 Å². The lowest BCUT2D eigenvalue weighted by Crippen LogP contribution is -2.30. The molecule has 3 N–H and O–H groups in total. The number of carbonyl (C=O) groups is 2. The fraction of sp³-hybridized carbons (Fsp3) is 0.190. The molecule has 3 aromatic rings. The van der Waals surface area contributed by atoms with Crippen LogP contribution < -0.4 is 19.4 Å². The van der Waals surface area contributed by atoms with Crippen LogP contribution in [0.1, 0.15) is 19.7 Å². The van der Waals surface area contributed by atoms with Crippen LogP contribution in [0.2, 0.25) is 0 Å². The second kappa shape index (κ2) is 13.3. The Bertz CT molecular complexity index is 1420. The molecule has 0 radical (unpaired) electrons. The van der Waals surface area contributed by atoms with Gasteiger partial charge in [-0.3, -0.25) is 9.59 Å². The lowest BCUT2D eigenvalue weighted by atomic mass is 10.3. The fourth-order valence-electron chi connectivity index (χ4n) is 2.42. The maximum absolute atomic E-state index is 12.3. The predicted molar refractivity (Wildman–Crippen MR) is 130 cm³/mol. The summed E-state index contributed by atoms with van der Waals surface area (Å²) in [5.74, 6) is -0.0179. The van der Waals surface area contributed by atoms with Crippen molar-refractivity contribution in [3.63, 3.8) is 0 Å². The summed E-state index contributed by atoms with van der Waals surface area (Å²) in [7, 11) is -7.98. The van der Waals surface area contributed by atoms with Gasteiger partial charge in [-0.1, -0.05) is 11.7 Å². The summed E-state index contributed by atoms with van der Waals surface area (Å²) in [6.45, 7) is 4.28. The monoisotopic (exact) mass is 563 g/mol. The lowest BCUT2D eigenvalue weighted by Gasteiger charge is -2.03. The van der Waals surface area contributed by atoms with Crippen molar-refractivity contribution < 1.29 is 48.1 Å². The van der Waals surface area contributed by atoms with E-state index in [4.69, 9.17) is 5.11 Å². The number of hydrogen-bond donors (Lipinski definition) is 3. The van der Waals surface area contributed by atoms with Crippen molar-refractivity contribution in [1.29, 1.82) is 0 Å². The number of benzene rings is 2. The summed E-state index contributed by atoms with van der Waals surface area (Å²) in [6, 6.07) is 11.5. The van der Waals surface area contributed by atoms with Gasteiger partial charge in [0.15, 0.2) is 0 Å². The smallest absolute Gasteiger partial charge is 0.488 e. The van der Waals surface area contributed by atoms with E-state index in [2.05, 4.69) is 14.8 Å². The van der Waals surface area contributed by atoms with Gasteiger partial charge in [-0.2, -0.15) is 16.8 Å². The van der Waals surface area contributed by atoms with Gasteiger partial charge in [0.1, 0.15) is 23.9 Å². The SMILES string of the molecule is CC(=O)Nc1ccc(O)cc1.CC(=O)Nc1ccc(OS(=O)(=O)F)cc1.Cc1n(S(=O)(=O)F)cc[n+]1C. The number of halogens is 2. The Labute approximate surface area is 212 Å². The van der Waals surface area contributed by atoms with Gasteiger partial charge in [0.25, 0.3) is 5.82 Å². The molecule has 16 heteroatoms. The first-order valence-electron chi connectivity index (χ1n) is 10.0. The largest absolute Gasteiger partial charge is 0.508 e. The minimum atomic E-state index is -5.00. The molecule has 0 saturated heterocycles. The summed E-state index contributed by atoms with van der Waals surface area (Å²) in [4.78, 5) is 21.2. The number of nitrogens with one attached hydrogen (secondary N) is 2. The van der Waals surface area contributed by atoms with Crippen LogP contribution in [-0.2, 0) is 37.6 Å². The van der Waals surface area contributed by atoms with E-state index in [0.717, 1.165) is 6.20 Å². The number of aromatic hydroxyl groups is 1. The van der Waals surface area contributed by atoms with Crippen LogP contribution in [0.4, 0.5) is 19.1 Å². The topological polar surface area (TPSA) is 165 Å². The molecule has 0 atom stereocenters. The van der Waals surface area contributed by atoms with Crippen LogP contribution >= 0.6 is 0 Å². The zero-order valence-electron chi connectivity index (χ0n) is 20.0. The number of nitrogens with zero attached hydrogens (tertiary/aromatic N) is 2. The van der Waals surface area contributed by atoms with Crippen molar-refractivity contribution >= 4 is 44.1 Å². The highest BCUT2D eigenvalue weighted by Gasteiger charge is 2.22. The molecule has 0 bridgehead atoms. The molecule has 1 aromatic heterocycles. The molecule has 0 spiro atoms. The maximum Gasteiger partial charge on any atom is 0.488 e. The molecule has 0 aliphatic rings. The van der Waals surface area contributed by atoms with E-state index in [0.29, 0.717) is 21.2 Å².